The number of thiazole rings is 1. The fourth-order valence-electron chi connectivity index (χ4n) is 2.54. The van der Waals surface area contributed by atoms with Crippen LogP contribution in [-0.2, 0) is 11.3 Å². The summed E-state index contributed by atoms with van der Waals surface area (Å²) in [5.41, 5.74) is 3.46. The SMILES string of the molecule is Cc1ccc(-c2cnc(SCC(=O)Nc3nccs3)n2CC(C)C)cc1. The predicted molar refractivity (Wildman–Crippen MR) is 109 cm³/mol. The number of carbonyl (C=O) groups excluding carboxylic acids is 1. The molecule has 0 saturated carbocycles. The van der Waals surface area contributed by atoms with Crippen molar-refractivity contribution in [1.29, 1.82) is 0 Å². The molecule has 0 fully saturated rings. The minimum Gasteiger partial charge on any atom is -0.319 e. The average Bonchev–Trinajstić information content (AvgIpc) is 3.24. The number of aryl methyl sites for hydroxylation is 1. The molecule has 2 aromatic heterocycles. The highest BCUT2D eigenvalue weighted by molar-refractivity contribution is 7.99. The summed E-state index contributed by atoms with van der Waals surface area (Å²) in [7, 11) is 0. The molecule has 7 heteroatoms. The molecule has 1 aromatic carbocycles. The van der Waals surface area contributed by atoms with Gasteiger partial charge in [-0.05, 0) is 18.4 Å². The number of benzene rings is 1. The third-order valence-corrected chi connectivity index (χ3v) is 5.40. The maximum absolute atomic E-state index is 12.1. The maximum Gasteiger partial charge on any atom is 0.236 e. The molecule has 5 nitrogen and oxygen atoms in total. The molecule has 0 atom stereocenters. The molecule has 0 spiro atoms. The number of aromatic nitrogens is 3. The summed E-state index contributed by atoms with van der Waals surface area (Å²) in [6.45, 7) is 7.31. The van der Waals surface area contributed by atoms with Crippen molar-refractivity contribution in [2.24, 2.45) is 5.92 Å². The van der Waals surface area contributed by atoms with Crippen LogP contribution in [0.4, 0.5) is 5.13 Å². The number of hydrogen-bond acceptors (Lipinski definition) is 5. The fourth-order valence-corrected chi connectivity index (χ4v) is 3.87. The lowest BCUT2D eigenvalue weighted by atomic mass is 10.1. The highest BCUT2D eigenvalue weighted by atomic mass is 32.2. The van der Waals surface area contributed by atoms with E-state index in [9.17, 15) is 4.79 Å². The lowest BCUT2D eigenvalue weighted by molar-refractivity contribution is -0.113. The highest BCUT2D eigenvalue weighted by Crippen LogP contribution is 2.27. The van der Waals surface area contributed by atoms with E-state index < -0.39 is 0 Å². The average molecular weight is 387 g/mol. The van der Waals surface area contributed by atoms with E-state index in [2.05, 4.69) is 64.9 Å². The van der Waals surface area contributed by atoms with Gasteiger partial charge in [-0.15, -0.1) is 11.3 Å². The van der Waals surface area contributed by atoms with E-state index in [1.165, 1.54) is 28.7 Å². The number of amides is 1. The second kappa shape index (κ2) is 8.51. The highest BCUT2D eigenvalue weighted by Gasteiger charge is 2.15. The van der Waals surface area contributed by atoms with E-state index >= 15 is 0 Å². The Labute approximate surface area is 161 Å². The van der Waals surface area contributed by atoms with Crippen molar-refractivity contribution in [3.8, 4) is 11.3 Å². The molecule has 0 bridgehead atoms. The van der Waals surface area contributed by atoms with Gasteiger partial charge in [0.15, 0.2) is 10.3 Å². The normalized spacial score (nSPS) is 11.1. The van der Waals surface area contributed by atoms with Crippen LogP contribution in [0.1, 0.15) is 19.4 Å². The van der Waals surface area contributed by atoms with E-state index in [1.807, 2.05) is 11.6 Å². The monoisotopic (exact) mass is 386 g/mol. The van der Waals surface area contributed by atoms with Crippen molar-refractivity contribution in [1.82, 2.24) is 14.5 Å². The van der Waals surface area contributed by atoms with Gasteiger partial charge >= 0.3 is 0 Å². The molecule has 0 aliphatic rings. The van der Waals surface area contributed by atoms with Crippen LogP contribution in [0.15, 0.2) is 47.2 Å². The van der Waals surface area contributed by atoms with E-state index in [0.717, 1.165) is 23.0 Å². The standard InChI is InChI=1S/C19H22N4OS2/c1-13(2)11-23-16(15-6-4-14(3)5-7-15)10-21-19(23)26-12-17(24)22-18-20-8-9-25-18/h4-10,13H,11-12H2,1-3H3,(H,20,22,24). The molecule has 3 rings (SSSR count). The van der Waals surface area contributed by atoms with Gasteiger partial charge in [0.25, 0.3) is 0 Å². The van der Waals surface area contributed by atoms with Crippen LogP contribution in [0.5, 0.6) is 0 Å². The second-order valence-corrected chi connectivity index (χ2v) is 8.31. The van der Waals surface area contributed by atoms with Crippen LogP contribution in [0.3, 0.4) is 0 Å². The Morgan fingerprint density at radius 2 is 2.04 bits per heavy atom. The zero-order valence-electron chi connectivity index (χ0n) is 15.1. The number of carbonyl (C=O) groups is 1. The van der Waals surface area contributed by atoms with E-state index in [4.69, 9.17) is 0 Å². The fraction of sp³-hybridized carbons (Fsp3) is 0.316. The Morgan fingerprint density at radius 3 is 2.69 bits per heavy atom. The van der Waals surface area contributed by atoms with E-state index in [0.29, 0.717) is 16.8 Å². The van der Waals surface area contributed by atoms with Gasteiger partial charge in [-0.3, -0.25) is 4.79 Å². The third-order valence-electron chi connectivity index (χ3n) is 3.73. The quantitative estimate of drug-likeness (QED) is 0.598. The second-order valence-electron chi connectivity index (χ2n) is 6.47. The van der Waals surface area contributed by atoms with Gasteiger partial charge in [0, 0.05) is 18.1 Å². The topological polar surface area (TPSA) is 59.8 Å². The molecule has 136 valence electrons. The van der Waals surface area contributed by atoms with Crippen molar-refractivity contribution in [2.75, 3.05) is 11.1 Å². The van der Waals surface area contributed by atoms with Crippen LogP contribution < -0.4 is 5.32 Å². The first-order valence-electron chi connectivity index (χ1n) is 8.47. The molecule has 3 aromatic rings. The first kappa shape index (κ1) is 18.7. The summed E-state index contributed by atoms with van der Waals surface area (Å²) in [5.74, 6) is 0.722. The van der Waals surface area contributed by atoms with Crippen molar-refractivity contribution >= 4 is 34.1 Å². The minimum atomic E-state index is -0.0686. The van der Waals surface area contributed by atoms with Gasteiger partial charge in [0.2, 0.25) is 5.91 Å². The molecule has 0 saturated heterocycles. The largest absolute Gasteiger partial charge is 0.319 e. The Balaban J connectivity index is 1.76. The summed E-state index contributed by atoms with van der Waals surface area (Å²) in [6, 6.07) is 8.45. The maximum atomic E-state index is 12.1. The number of hydrogen-bond donors (Lipinski definition) is 1. The lowest BCUT2D eigenvalue weighted by Gasteiger charge is -2.14. The molecule has 1 N–H and O–H groups in total. The molecule has 0 aliphatic heterocycles. The van der Waals surface area contributed by atoms with E-state index in [-0.39, 0.29) is 5.91 Å². The minimum absolute atomic E-state index is 0.0686. The number of imidazole rings is 1. The van der Waals surface area contributed by atoms with Crippen molar-refractivity contribution in [2.45, 2.75) is 32.5 Å². The zero-order valence-corrected chi connectivity index (χ0v) is 16.7. The number of thioether (sulfide) groups is 1. The molecular weight excluding hydrogens is 364 g/mol. The van der Waals surface area contributed by atoms with Gasteiger partial charge in [0.1, 0.15) is 0 Å². The van der Waals surface area contributed by atoms with Crippen molar-refractivity contribution in [3.05, 3.63) is 47.6 Å². The Morgan fingerprint density at radius 1 is 1.27 bits per heavy atom. The van der Waals surface area contributed by atoms with Gasteiger partial charge in [-0.2, -0.15) is 0 Å². The van der Waals surface area contributed by atoms with Crippen molar-refractivity contribution in [3.63, 3.8) is 0 Å². The molecule has 1 amide bonds. The Bertz CT molecular complexity index is 854. The predicted octanol–water partition coefficient (Wildman–Crippen LogP) is 4.70. The van der Waals surface area contributed by atoms with Crippen LogP contribution in [0.2, 0.25) is 0 Å². The molecule has 0 radical (unpaired) electrons. The molecule has 26 heavy (non-hydrogen) atoms. The summed E-state index contributed by atoms with van der Waals surface area (Å²) < 4.78 is 2.21. The van der Waals surface area contributed by atoms with Crippen LogP contribution in [0.25, 0.3) is 11.3 Å². The number of nitrogens with one attached hydrogen (secondary N) is 1. The Hall–Kier alpha value is -2.12. The van der Waals surface area contributed by atoms with Gasteiger partial charge < -0.3 is 9.88 Å². The van der Waals surface area contributed by atoms with E-state index in [1.54, 1.807) is 6.20 Å². The summed E-state index contributed by atoms with van der Waals surface area (Å²) in [6.07, 6.45) is 3.57. The first-order chi connectivity index (χ1) is 12.5. The van der Waals surface area contributed by atoms with Crippen LogP contribution >= 0.6 is 23.1 Å². The summed E-state index contributed by atoms with van der Waals surface area (Å²) in [4.78, 5) is 20.8. The first-order valence-corrected chi connectivity index (χ1v) is 10.3. The number of rotatable bonds is 7. The van der Waals surface area contributed by atoms with Crippen LogP contribution in [-0.4, -0.2) is 26.2 Å². The summed E-state index contributed by atoms with van der Waals surface area (Å²) >= 11 is 2.87. The Kier molecular flexibility index (Phi) is 6.11. The van der Waals surface area contributed by atoms with Gasteiger partial charge in [-0.25, -0.2) is 9.97 Å². The molecular formula is C19H22N4OS2. The van der Waals surface area contributed by atoms with Crippen LogP contribution in [0, 0.1) is 12.8 Å². The van der Waals surface area contributed by atoms with Gasteiger partial charge in [-0.1, -0.05) is 55.4 Å². The molecule has 0 unspecified atom stereocenters. The lowest BCUT2D eigenvalue weighted by Crippen LogP contribution is -2.15. The summed E-state index contributed by atoms with van der Waals surface area (Å²) in [5, 5.41) is 6.14. The smallest absolute Gasteiger partial charge is 0.236 e. The number of anilines is 1. The zero-order chi connectivity index (χ0) is 18.5. The molecule has 0 aliphatic carbocycles. The number of nitrogens with zero attached hydrogens (tertiary/aromatic N) is 3. The van der Waals surface area contributed by atoms with Crippen molar-refractivity contribution < 1.29 is 4.79 Å². The molecule has 2 heterocycles. The third kappa shape index (κ3) is 4.74. The van der Waals surface area contributed by atoms with Gasteiger partial charge in [0.05, 0.1) is 17.6 Å².